The normalized spacial score (nSPS) is 10.7. The van der Waals surface area contributed by atoms with Crippen molar-refractivity contribution in [1.82, 2.24) is 4.98 Å². The number of rotatable bonds is 4. The van der Waals surface area contributed by atoms with Crippen molar-refractivity contribution in [2.45, 2.75) is 13.8 Å². The van der Waals surface area contributed by atoms with Gasteiger partial charge in [-0.3, -0.25) is 0 Å². The number of pyridine rings is 2. The fourth-order valence-electron chi connectivity index (χ4n) is 2.41. The smallest absolute Gasteiger partial charge is 0.287 e. The first-order valence-electron chi connectivity index (χ1n) is 7.59. The summed E-state index contributed by atoms with van der Waals surface area (Å²) in [7, 11) is 0. The molecule has 0 fully saturated rings. The number of halogens is 3. The van der Waals surface area contributed by atoms with Gasteiger partial charge in [-0.25, -0.2) is 15.0 Å². The van der Waals surface area contributed by atoms with Crippen LogP contribution in [0.4, 0.5) is 11.6 Å². The Morgan fingerprint density at radius 2 is 1.73 bits per heavy atom. The zero-order valence-corrected chi connectivity index (χ0v) is 18.6. The van der Waals surface area contributed by atoms with E-state index in [4.69, 9.17) is 4.74 Å². The van der Waals surface area contributed by atoms with Crippen LogP contribution in [0.3, 0.4) is 0 Å². The van der Waals surface area contributed by atoms with E-state index in [9.17, 15) is 5.21 Å². The lowest BCUT2D eigenvalue weighted by molar-refractivity contribution is -0.590. The molecule has 0 aliphatic carbocycles. The fraction of sp³-hybridized carbons (Fsp3) is 0.111. The van der Waals surface area contributed by atoms with Crippen LogP contribution in [0.5, 0.6) is 11.5 Å². The molecule has 134 valence electrons. The second-order valence-electron chi connectivity index (χ2n) is 5.65. The van der Waals surface area contributed by atoms with E-state index in [1.165, 1.54) is 6.20 Å². The highest BCUT2D eigenvalue weighted by Crippen LogP contribution is 2.35. The molecule has 0 saturated carbocycles. The topological polar surface area (TPSA) is 61.1 Å². The molecule has 0 saturated heterocycles. The van der Waals surface area contributed by atoms with Gasteiger partial charge in [0.05, 0.1) is 6.07 Å². The lowest BCUT2D eigenvalue weighted by atomic mass is 10.1. The van der Waals surface area contributed by atoms with Crippen molar-refractivity contribution >= 4 is 59.4 Å². The first kappa shape index (κ1) is 19.1. The minimum Gasteiger partial charge on any atom is -0.711 e. The maximum absolute atomic E-state index is 12.2. The summed E-state index contributed by atoms with van der Waals surface area (Å²) in [6.07, 6.45) is 3.06. The van der Waals surface area contributed by atoms with Gasteiger partial charge in [-0.05, 0) is 75.0 Å². The van der Waals surface area contributed by atoms with E-state index in [0.29, 0.717) is 21.9 Å². The van der Waals surface area contributed by atoms with Crippen molar-refractivity contribution in [3.8, 4) is 11.5 Å². The van der Waals surface area contributed by atoms with Crippen LogP contribution in [0.25, 0.3) is 0 Å². The summed E-state index contributed by atoms with van der Waals surface area (Å²) >= 11 is 10.2. The molecule has 0 unspecified atom stereocenters. The van der Waals surface area contributed by atoms with Crippen LogP contribution in [-0.4, -0.2) is 4.98 Å². The van der Waals surface area contributed by atoms with Gasteiger partial charge in [0.2, 0.25) is 5.82 Å². The zero-order valence-electron chi connectivity index (χ0n) is 13.9. The lowest BCUT2D eigenvalue weighted by Gasteiger charge is -2.16. The van der Waals surface area contributed by atoms with E-state index in [2.05, 4.69) is 58.1 Å². The Balaban J connectivity index is 1.94. The largest absolute Gasteiger partial charge is 0.711 e. The van der Waals surface area contributed by atoms with Crippen LogP contribution in [0.2, 0.25) is 0 Å². The zero-order chi connectivity index (χ0) is 18.8. The predicted octanol–water partition coefficient (Wildman–Crippen LogP) is 6.16. The van der Waals surface area contributed by atoms with Crippen LogP contribution < -0.4 is 14.8 Å². The summed E-state index contributed by atoms with van der Waals surface area (Å²) in [6, 6.07) is 9.22. The van der Waals surface area contributed by atoms with Crippen molar-refractivity contribution in [2.24, 2.45) is 0 Å². The van der Waals surface area contributed by atoms with Crippen LogP contribution in [0.1, 0.15) is 11.1 Å². The molecule has 2 aromatic heterocycles. The number of ether oxygens (including phenoxy) is 1. The molecule has 2 heterocycles. The van der Waals surface area contributed by atoms with Crippen LogP contribution in [0.15, 0.2) is 56.1 Å². The molecular weight excluding hydrogens is 530 g/mol. The molecule has 26 heavy (non-hydrogen) atoms. The van der Waals surface area contributed by atoms with Crippen LogP contribution >= 0.6 is 47.8 Å². The Morgan fingerprint density at radius 3 is 2.35 bits per heavy atom. The molecule has 0 bridgehead atoms. The Labute approximate surface area is 176 Å². The van der Waals surface area contributed by atoms with Crippen LogP contribution in [0, 0.1) is 19.1 Å². The number of nitrogens with zero attached hydrogens (tertiary/aromatic N) is 2. The number of aryl methyl sites for hydroxylation is 2. The highest BCUT2D eigenvalue weighted by atomic mass is 79.9. The Morgan fingerprint density at radius 1 is 1.04 bits per heavy atom. The van der Waals surface area contributed by atoms with E-state index in [-0.39, 0.29) is 0 Å². The average molecular weight is 544 g/mol. The summed E-state index contributed by atoms with van der Waals surface area (Å²) in [5.41, 5.74) is 1.98. The third-order valence-corrected chi connectivity index (χ3v) is 5.11. The van der Waals surface area contributed by atoms with Gasteiger partial charge >= 0.3 is 0 Å². The van der Waals surface area contributed by atoms with E-state index < -0.39 is 0 Å². The molecule has 0 radical (unpaired) electrons. The van der Waals surface area contributed by atoms with Gasteiger partial charge < -0.3 is 9.94 Å². The molecule has 0 spiro atoms. The third kappa shape index (κ3) is 4.36. The van der Waals surface area contributed by atoms with Gasteiger partial charge in [0.15, 0.2) is 5.75 Å². The maximum atomic E-state index is 12.2. The highest BCUT2D eigenvalue weighted by Gasteiger charge is 2.15. The molecule has 0 aliphatic rings. The number of anilines is 2. The van der Waals surface area contributed by atoms with E-state index in [1.54, 1.807) is 18.3 Å². The van der Waals surface area contributed by atoms with Gasteiger partial charge in [-0.15, -0.1) is 0 Å². The second kappa shape index (κ2) is 7.94. The predicted molar refractivity (Wildman–Crippen MR) is 112 cm³/mol. The minimum atomic E-state index is 0.311. The van der Waals surface area contributed by atoms with Gasteiger partial charge in [0.1, 0.15) is 16.4 Å². The van der Waals surface area contributed by atoms with Gasteiger partial charge in [-0.2, -0.15) is 0 Å². The molecule has 1 aromatic carbocycles. The molecule has 1 N–H and O–H groups in total. The first-order valence-corrected chi connectivity index (χ1v) is 9.97. The number of nitrogens with one attached hydrogen (secondary N) is 1. The van der Waals surface area contributed by atoms with Crippen molar-refractivity contribution < 1.29 is 9.47 Å². The van der Waals surface area contributed by atoms with Crippen molar-refractivity contribution in [1.29, 1.82) is 0 Å². The number of benzene rings is 1. The van der Waals surface area contributed by atoms with Crippen LogP contribution in [-0.2, 0) is 0 Å². The molecule has 3 aromatic rings. The number of hydrogen-bond acceptors (Lipinski definition) is 4. The SMILES string of the molecule is Cc1cc(Br)cc(C)c1Oc1cc(Nc2ccc(Br)cn2)[n+]([O-])cc1Br. The number of hydrogen-bond donors (Lipinski definition) is 1. The first-order chi connectivity index (χ1) is 12.3. The third-order valence-electron chi connectivity index (χ3n) is 3.59. The van der Waals surface area contributed by atoms with Gasteiger partial charge in [-0.1, -0.05) is 15.9 Å². The molecule has 0 atom stereocenters. The fourth-order valence-corrected chi connectivity index (χ4v) is 3.71. The molecule has 8 heteroatoms. The summed E-state index contributed by atoms with van der Waals surface area (Å²) < 4.78 is 9.23. The Hall–Kier alpha value is -1.64. The standard InChI is InChI=1S/C18H14Br3N3O2/c1-10-5-13(20)6-11(2)18(10)26-15-7-17(24(25)9-14(15)21)23-16-4-3-12(19)8-22-16/h3-9H,1-2H3,(H,22,23). The monoisotopic (exact) mass is 541 g/mol. The second-order valence-corrected chi connectivity index (χ2v) is 8.34. The summed E-state index contributed by atoms with van der Waals surface area (Å²) in [5, 5.41) is 15.2. The van der Waals surface area contributed by atoms with Crippen molar-refractivity contribution in [2.75, 3.05) is 5.32 Å². The van der Waals surface area contributed by atoms with E-state index in [0.717, 1.165) is 30.6 Å². The van der Waals surface area contributed by atoms with Crippen molar-refractivity contribution in [3.05, 3.63) is 72.5 Å². The Kier molecular flexibility index (Phi) is 5.84. The highest BCUT2D eigenvalue weighted by molar-refractivity contribution is 9.11. The molecule has 3 rings (SSSR count). The summed E-state index contributed by atoms with van der Waals surface area (Å²) in [4.78, 5) is 4.22. The minimum absolute atomic E-state index is 0.311. The lowest BCUT2D eigenvalue weighted by Crippen LogP contribution is -2.29. The number of aromatic nitrogens is 2. The molecule has 0 aliphatic heterocycles. The molecule has 0 amide bonds. The molecule has 5 nitrogen and oxygen atoms in total. The quantitative estimate of drug-likeness (QED) is 0.316. The Bertz CT molecular complexity index is 940. The van der Waals surface area contributed by atoms with Crippen molar-refractivity contribution in [3.63, 3.8) is 0 Å². The summed E-state index contributed by atoms with van der Waals surface area (Å²) in [6.45, 7) is 3.95. The van der Waals surface area contributed by atoms with E-state index in [1.807, 2.05) is 32.0 Å². The molecular formula is C18H14Br3N3O2. The van der Waals surface area contributed by atoms with Gasteiger partial charge in [0.25, 0.3) is 5.82 Å². The average Bonchev–Trinajstić information content (AvgIpc) is 2.56. The maximum Gasteiger partial charge on any atom is 0.287 e. The summed E-state index contributed by atoms with van der Waals surface area (Å²) in [5.74, 6) is 2.16. The van der Waals surface area contributed by atoms with Gasteiger partial charge in [0, 0.05) is 21.2 Å². The van der Waals surface area contributed by atoms with E-state index >= 15 is 0 Å².